The summed E-state index contributed by atoms with van der Waals surface area (Å²) < 4.78 is 0. The Balaban J connectivity index is 0. The molecule has 0 aliphatic carbocycles. The predicted octanol–water partition coefficient (Wildman–Crippen LogP) is 1.35. The Hall–Kier alpha value is 0.623. The van der Waals surface area contributed by atoms with E-state index < -0.39 is 0 Å². The van der Waals surface area contributed by atoms with Gasteiger partial charge in [-0.2, -0.15) is 0 Å². The first-order valence-corrected chi connectivity index (χ1v) is 0. The summed E-state index contributed by atoms with van der Waals surface area (Å²) in [5, 5.41) is 0. The van der Waals surface area contributed by atoms with E-state index in [2.05, 4.69) is 0 Å². The molecule has 0 bridgehead atoms. The summed E-state index contributed by atoms with van der Waals surface area (Å²) in [5.41, 5.74) is 0. The zero-order valence-corrected chi connectivity index (χ0v) is 4.97. The third kappa shape index (κ3) is 17.8. The van der Waals surface area contributed by atoms with Gasteiger partial charge in [0.15, 0.2) is 0 Å². The summed E-state index contributed by atoms with van der Waals surface area (Å²) in [5.74, 6) is 0. The summed E-state index contributed by atoms with van der Waals surface area (Å²) in [7, 11) is 0. The minimum absolute atomic E-state index is 0. The van der Waals surface area contributed by atoms with E-state index in [0.29, 0.717) is 0 Å². The molecule has 0 amide bonds. The molecular formula is C3H9Rh. The van der Waals surface area contributed by atoms with E-state index in [-0.39, 0.29) is 41.8 Å². The summed E-state index contributed by atoms with van der Waals surface area (Å²) in [6, 6.07) is 0. The molecule has 0 nitrogen and oxygen atoms in total. The molecule has 0 spiro atoms. The maximum Gasteiger partial charge on any atom is 3.00 e. The molecule has 0 aromatic carbocycles. The third-order valence-electron chi connectivity index (χ3n) is 0. The molecule has 30 valence electrons. The normalized spacial score (nSPS) is 0. The van der Waals surface area contributed by atoms with Gasteiger partial charge in [-0.05, 0) is 0 Å². The molecule has 1 heteroatoms. The molecule has 0 fully saturated rings. The molecule has 0 aliphatic heterocycles. The van der Waals surface area contributed by atoms with E-state index in [1.54, 1.807) is 0 Å². The zero-order chi connectivity index (χ0) is 0. The Morgan fingerprint density at radius 3 is 0.500 bits per heavy atom. The van der Waals surface area contributed by atoms with Crippen LogP contribution in [0.1, 0.15) is 0 Å². The van der Waals surface area contributed by atoms with Crippen LogP contribution in [0.4, 0.5) is 0 Å². The van der Waals surface area contributed by atoms with Crippen LogP contribution < -0.4 is 0 Å². The monoisotopic (exact) mass is 148 g/mol. The number of hydrogen-bond donors (Lipinski definition) is 0. The van der Waals surface area contributed by atoms with Crippen LogP contribution in [-0.4, -0.2) is 0 Å². The topological polar surface area (TPSA) is 0 Å². The van der Waals surface area contributed by atoms with Gasteiger partial charge in [0.05, 0.1) is 0 Å². The van der Waals surface area contributed by atoms with Gasteiger partial charge in [-0.1, -0.05) is 0 Å². The molecular weight excluding hydrogens is 139 g/mol. The largest absolute Gasteiger partial charge is 3.00 e. The van der Waals surface area contributed by atoms with Crippen LogP contribution in [0.15, 0.2) is 0 Å². The standard InChI is InChI=1S/3CH3.Rh/h3*1H3;/q3*-1;+3. The summed E-state index contributed by atoms with van der Waals surface area (Å²) in [6.45, 7) is 0. The van der Waals surface area contributed by atoms with Gasteiger partial charge < -0.3 is 22.3 Å². The second kappa shape index (κ2) is 64.2. The Kier molecular flexibility index (Phi) is 2510. The fourth-order valence-corrected chi connectivity index (χ4v) is 0. The van der Waals surface area contributed by atoms with Crippen molar-refractivity contribution < 1.29 is 19.5 Å². The average molecular weight is 148 g/mol. The molecule has 0 radical (unpaired) electrons. The Labute approximate surface area is 42.4 Å². The number of hydrogen-bond acceptors (Lipinski definition) is 0. The SMILES string of the molecule is [CH3-].[CH3-].[CH3-].[Rh+3]. The van der Waals surface area contributed by atoms with Crippen LogP contribution >= 0.6 is 0 Å². The van der Waals surface area contributed by atoms with E-state index in [9.17, 15) is 0 Å². The van der Waals surface area contributed by atoms with Crippen LogP contribution in [0.3, 0.4) is 0 Å². The minimum Gasteiger partial charge on any atom is -0.358 e. The smallest absolute Gasteiger partial charge is 0.358 e. The van der Waals surface area contributed by atoms with Crippen molar-refractivity contribution in [2.45, 2.75) is 0 Å². The van der Waals surface area contributed by atoms with Crippen molar-refractivity contribution in [1.29, 1.82) is 0 Å². The van der Waals surface area contributed by atoms with E-state index in [1.165, 1.54) is 0 Å². The van der Waals surface area contributed by atoms with Gasteiger partial charge in [0.1, 0.15) is 0 Å². The van der Waals surface area contributed by atoms with Gasteiger partial charge in [0, 0.05) is 0 Å². The van der Waals surface area contributed by atoms with E-state index in [1.807, 2.05) is 0 Å². The average Bonchev–Trinajstić information content (AvgIpc) is 0. The molecule has 0 heterocycles. The Bertz CT molecular complexity index is 3.25. The van der Waals surface area contributed by atoms with Gasteiger partial charge >= 0.3 is 19.5 Å². The Morgan fingerprint density at radius 2 is 0.500 bits per heavy atom. The maximum atomic E-state index is 0. The first-order valence-electron chi connectivity index (χ1n) is 0. The summed E-state index contributed by atoms with van der Waals surface area (Å²) in [4.78, 5) is 0. The fraction of sp³-hybridized carbons (Fsp3) is 0. The fourth-order valence-electron chi connectivity index (χ4n) is 0. The molecule has 0 rings (SSSR count). The zero-order valence-electron chi connectivity index (χ0n) is 3.33. The van der Waals surface area contributed by atoms with Crippen LogP contribution in [0.2, 0.25) is 0 Å². The minimum atomic E-state index is 0. The third-order valence-corrected chi connectivity index (χ3v) is 0. The summed E-state index contributed by atoms with van der Waals surface area (Å²) in [6.07, 6.45) is 0. The van der Waals surface area contributed by atoms with Gasteiger partial charge in [0.2, 0.25) is 0 Å². The van der Waals surface area contributed by atoms with Gasteiger partial charge in [-0.25, -0.2) is 0 Å². The van der Waals surface area contributed by atoms with Crippen LogP contribution in [0.5, 0.6) is 0 Å². The van der Waals surface area contributed by atoms with Crippen molar-refractivity contribution >= 4 is 0 Å². The summed E-state index contributed by atoms with van der Waals surface area (Å²) >= 11 is 0. The van der Waals surface area contributed by atoms with Crippen LogP contribution in [0.25, 0.3) is 0 Å². The molecule has 0 atom stereocenters. The molecule has 0 N–H and O–H groups in total. The molecule has 4 heavy (non-hydrogen) atoms. The van der Waals surface area contributed by atoms with E-state index in [0.717, 1.165) is 0 Å². The molecule has 0 saturated heterocycles. The van der Waals surface area contributed by atoms with Crippen molar-refractivity contribution in [3.05, 3.63) is 22.3 Å². The second-order valence-corrected chi connectivity index (χ2v) is 0. The number of rotatable bonds is 0. The van der Waals surface area contributed by atoms with E-state index >= 15 is 0 Å². The van der Waals surface area contributed by atoms with Crippen molar-refractivity contribution in [3.8, 4) is 0 Å². The quantitative estimate of drug-likeness (QED) is 0.359. The Morgan fingerprint density at radius 1 is 0.500 bits per heavy atom. The van der Waals surface area contributed by atoms with Gasteiger partial charge in [-0.3, -0.25) is 0 Å². The van der Waals surface area contributed by atoms with Crippen molar-refractivity contribution in [1.82, 2.24) is 0 Å². The first-order chi connectivity index (χ1) is 0. The van der Waals surface area contributed by atoms with Crippen LogP contribution in [-0.2, 0) is 19.5 Å². The molecule has 0 saturated carbocycles. The molecule has 0 aromatic heterocycles. The molecule has 0 aliphatic rings. The molecule has 0 unspecified atom stereocenters. The van der Waals surface area contributed by atoms with E-state index in [4.69, 9.17) is 0 Å². The van der Waals surface area contributed by atoms with Gasteiger partial charge in [0.25, 0.3) is 0 Å². The van der Waals surface area contributed by atoms with Gasteiger partial charge in [-0.15, -0.1) is 0 Å². The second-order valence-electron chi connectivity index (χ2n) is 0. The predicted molar refractivity (Wildman–Crippen MR) is 19.2 cm³/mol. The van der Waals surface area contributed by atoms with Crippen molar-refractivity contribution in [2.75, 3.05) is 0 Å². The van der Waals surface area contributed by atoms with Crippen LogP contribution in [0, 0.1) is 22.3 Å². The first kappa shape index (κ1) is 156. The maximum absolute atomic E-state index is 0. The molecule has 0 aromatic rings. The van der Waals surface area contributed by atoms with Crippen molar-refractivity contribution in [2.24, 2.45) is 0 Å². The van der Waals surface area contributed by atoms with Crippen molar-refractivity contribution in [3.63, 3.8) is 0 Å².